The second-order valence-electron chi connectivity index (χ2n) is 5.67. The van der Waals surface area contributed by atoms with Crippen molar-refractivity contribution in [3.05, 3.63) is 59.7 Å². The van der Waals surface area contributed by atoms with Crippen molar-refractivity contribution in [1.82, 2.24) is 5.32 Å². The van der Waals surface area contributed by atoms with Crippen LogP contribution in [0.15, 0.2) is 53.4 Å². The molecule has 1 atom stereocenters. The number of rotatable bonds is 8. The normalized spacial score (nSPS) is 11.8. The predicted molar refractivity (Wildman–Crippen MR) is 101 cm³/mol. The maximum absolute atomic E-state index is 12.2. The third-order valence-corrected chi connectivity index (χ3v) is 4.92. The number of ether oxygens (including phenoxy) is 1. The van der Waals surface area contributed by atoms with E-state index in [1.807, 2.05) is 37.3 Å². The van der Waals surface area contributed by atoms with Gasteiger partial charge in [-0.05, 0) is 42.7 Å². The van der Waals surface area contributed by atoms with Crippen molar-refractivity contribution in [3.63, 3.8) is 0 Å². The molecule has 0 aliphatic heterocycles. The minimum atomic E-state index is 0.0452. The molecule has 0 fully saturated rings. The summed E-state index contributed by atoms with van der Waals surface area (Å²) >= 11 is 1.71. The van der Waals surface area contributed by atoms with Gasteiger partial charge in [-0.2, -0.15) is 0 Å². The lowest BCUT2D eigenvalue weighted by atomic mass is 10.0. The molecule has 0 aliphatic carbocycles. The molecule has 1 amide bonds. The van der Waals surface area contributed by atoms with E-state index in [0.717, 1.165) is 29.1 Å². The highest BCUT2D eigenvalue weighted by Gasteiger charge is 2.14. The summed E-state index contributed by atoms with van der Waals surface area (Å²) in [6.07, 6.45) is 1.38. The Hall–Kier alpha value is -1.94. The van der Waals surface area contributed by atoms with Crippen LogP contribution in [0.25, 0.3) is 0 Å². The molecule has 0 aliphatic rings. The smallest absolute Gasteiger partial charge is 0.221 e. The minimum absolute atomic E-state index is 0.0452. The number of amides is 1. The van der Waals surface area contributed by atoms with Gasteiger partial charge in [0.25, 0.3) is 0 Å². The van der Waals surface area contributed by atoms with Gasteiger partial charge in [0.15, 0.2) is 0 Å². The van der Waals surface area contributed by atoms with Crippen LogP contribution in [-0.2, 0) is 4.79 Å². The van der Waals surface area contributed by atoms with Crippen LogP contribution in [0.2, 0.25) is 0 Å². The number of aryl methyl sites for hydroxylation is 1. The van der Waals surface area contributed by atoms with Crippen molar-refractivity contribution >= 4 is 17.7 Å². The van der Waals surface area contributed by atoms with E-state index in [4.69, 9.17) is 4.74 Å². The SMILES string of the molecule is CC[C@@H](NC(=O)CCSc1ccccc1)c1ccc(OC)c(C)c1. The lowest BCUT2D eigenvalue weighted by Crippen LogP contribution is -2.28. The molecule has 3 nitrogen and oxygen atoms in total. The maximum Gasteiger partial charge on any atom is 0.221 e. The van der Waals surface area contributed by atoms with Gasteiger partial charge in [-0.15, -0.1) is 11.8 Å². The Morgan fingerprint density at radius 2 is 1.96 bits per heavy atom. The first kappa shape index (κ1) is 18.4. The van der Waals surface area contributed by atoms with E-state index < -0.39 is 0 Å². The maximum atomic E-state index is 12.2. The molecule has 0 spiro atoms. The van der Waals surface area contributed by atoms with Crippen LogP contribution in [0.3, 0.4) is 0 Å². The van der Waals surface area contributed by atoms with E-state index in [1.54, 1.807) is 18.9 Å². The van der Waals surface area contributed by atoms with Gasteiger partial charge in [0.05, 0.1) is 13.2 Å². The van der Waals surface area contributed by atoms with Gasteiger partial charge in [0.1, 0.15) is 5.75 Å². The van der Waals surface area contributed by atoms with Crippen LogP contribution >= 0.6 is 11.8 Å². The average molecular weight is 343 g/mol. The van der Waals surface area contributed by atoms with Crippen molar-refractivity contribution in [1.29, 1.82) is 0 Å². The zero-order valence-electron chi connectivity index (χ0n) is 14.5. The molecule has 0 radical (unpaired) electrons. The largest absolute Gasteiger partial charge is 0.496 e. The van der Waals surface area contributed by atoms with Gasteiger partial charge in [0, 0.05) is 17.1 Å². The molecule has 2 aromatic rings. The van der Waals surface area contributed by atoms with E-state index in [2.05, 4.69) is 30.4 Å². The van der Waals surface area contributed by atoms with Crippen LogP contribution < -0.4 is 10.1 Å². The van der Waals surface area contributed by atoms with Crippen molar-refractivity contribution < 1.29 is 9.53 Å². The van der Waals surface area contributed by atoms with E-state index in [1.165, 1.54) is 4.90 Å². The van der Waals surface area contributed by atoms with Crippen molar-refractivity contribution in [2.75, 3.05) is 12.9 Å². The average Bonchev–Trinajstić information content (AvgIpc) is 2.60. The number of thioether (sulfide) groups is 1. The number of hydrogen-bond acceptors (Lipinski definition) is 3. The summed E-state index contributed by atoms with van der Waals surface area (Å²) in [5.74, 6) is 1.76. The van der Waals surface area contributed by atoms with Crippen LogP contribution in [0.4, 0.5) is 0 Å². The van der Waals surface area contributed by atoms with E-state index in [-0.39, 0.29) is 11.9 Å². The first-order valence-corrected chi connectivity index (χ1v) is 9.24. The molecule has 2 aromatic carbocycles. The highest BCUT2D eigenvalue weighted by molar-refractivity contribution is 7.99. The molecule has 0 heterocycles. The van der Waals surface area contributed by atoms with Crippen LogP contribution in [-0.4, -0.2) is 18.8 Å². The van der Waals surface area contributed by atoms with Crippen molar-refractivity contribution in [2.24, 2.45) is 0 Å². The standard InChI is InChI=1S/C20H25NO2S/c1-4-18(16-10-11-19(23-3)15(2)14-16)21-20(22)12-13-24-17-8-6-5-7-9-17/h5-11,14,18H,4,12-13H2,1-3H3,(H,21,22)/t18-/m1/s1. The summed E-state index contributed by atoms with van der Waals surface area (Å²) in [4.78, 5) is 13.4. The Morgan fingerprint density at radius 3 is 2.58 bits per heavy atom. The molecule has 2 rings (SSSR count). The van der Waals surface area contributed by atoms with Gasteiger partial charge < -0.3 is 10.1 Å². The molecule has 4 heteroatoms. The van der Waals surface area contributed by atoms with Crippen LogP contribution in [0.1, 0.15) is 36.9 Å². The Morgan fingerprint density at radius 1 is 1.21 bits per heavy atom. The number of benzene rings is 2. The minimum Gasteiger partial charge on any atom is -0.496 e. The molecule has 0 saturated heterocycles. The van der Waals surface area contributed by atoms with Crippen LogP contribution in [0, 0.1) is 6.92 Å². The van der Waals surface area contributed by atoms with E-state index in [9.17, 15) is 4.79 Å². The van der Waals surface area contributed by atoms with Gasteiger partial charge in [-0.25, -0.2) is 0 Å². The molecule has 24 heavy (non-hydrogen) atoms. The van der Waals surface area contributed by atoms with Gasteiger partial charge >= 0.3 is 0 Å². The first-order chi connectivity index (χ1) is 11.6. The molecular formula is C20H25NO2S. The summed E-state index contributed by atoms with van der Waals surface area (Å²) in [6.45, 7) is 4.11. The number of methoxy groups -OCH3 is 1. The number of hydrogen-bond donors (Lipinski definition) is 1. The van der Waals surface area contributed by atoms with Gasteiger partial charge in [-0.3, -0.25) is 4.79 Å². The molecular weight excluding hydrogens is 318 g/mol. The molecule has 1 N–H and O–H groups in total. The number of carbonyl (C=O) groups excluding carboxylic acids is 1. The van der Waals surface area contributed by atoms with Crippen molar-refractivity contribution in [3.8, 4) is 5.75 Å². The third kappa shape index (κ3) is 5.31. The highest BCUT2D eigenvalue weighted by Crippen LogP contribution is 2.24. The molecule has 128 valence electrons. The van der Waals surface area contributed by atoms with Gasteiger partial charge in [-0.1, -0.05) is 37.3 Å². The topological polar surface area (TPSA) is 38.3 Å². The quantitative estimate of drug-likeness (QED) is 0.703. The Balaban J connectivity index is 1.87. The van der Waals surface area contributed by atoms with E-state index >= 15 is 0 Å². The van der Waals surface area contributed by atoms with Crippen LogP contribution in [0.5, 0.6) is 5.75 Å². The monoisotopic (exact) mass is 343 g/mol. The number of carbonyl (C=O) groups is 1. The van der Waals surface area contributed by atoms with E-state index in [0.29, 0.717) is 6.42 Å². The Bertz CT molecular complexity index is 658. The highest BCUT2D eigenvalue weighted by atomic mass is 32.2. The fraction of sp³-hybridized carbons (Fsp3) is 0.350. The molecule has 0 saturated carbocycles. The fourth-order valence-electron chi connectivity index (χ4n) is 2.58. The molecule has 0 unspecified atom stereocenters. The van der Waals surface area contributed by atoms with Crippen molar-refractivity contribution in [2.45, 2.75) is 37.6 Å². The zero-order valence-corrected chi connectivity index (χ0v) is 15.4. The summed E-state index contributed by atoms with van der Waals surface area (Å²) in [7, 11) is 1.67. The molecule has 0 bridgehead atoms. The third-order valence-electron chi connectivity index (χ3n) is 3.91. The second kappa shape index (κ2) is 9.38. The van der Waals surface area contributed by atoms with Gasteiger partial charge in [0.2, 0.25) is 5.91 Å². The zero-order chi connectivity index (χ0) is 17.4. The lowest BCUT2D eigenvalue weighted by molar-refractivity contribution is -0.121. The number of nitrogens with one attached hydrogen (secondary N) is 1. The first-order valence-electron chi connectivity index (χ1n) is 8.25. The summed E-state index contributed by atoms with van der Waals surface area (Å²) in [6, 6.07) is 16.3. The Kier molecular flexibility index (Phi) is 7.19. The molecule has 0 aromatic heterocycles. The lowest BCUT2D eigenvalue weighted by Gasteiger charge is -2.19. The Labute approximate surface area is 148 Å². The fourth-order valence-corrected chi connectivity index (χ4v) is 3.46. The predicted octanol–water partition coefficient (Wildman–Crippen LogP) is 4.75. The summed E-state index contributed by atoms with van der Waals surface area (Å²) in [5.41, 5.74) is 2.21. The second-order valence-corrected chi connectivity index (χ2v) is 6.84. The summed E-state index contributed by atoms with van der Waals surface area (Å²) in [5, 5.41) is 3.14. The summed E-state index contributed by atoms with van der Waals surface area (Å²) < 4.78 is 5.30.